The quantitative estimate of drug-likeness (QED) is 0.00994. The van der Waals surface area contributed by atoms with E-state index in [2.05, 4.69) is 30.9 Å². The number of hydroxylamine groups is 4. The monoisotopic (exact) mass is 1460 g/mol. The van der Waals surface area contributed by atoms with Gasteiger partial charge < -0.3 is 84.6 Å². The number of anilines is 2. The summed E-state index contributed by atoms with van der Waals surface area (Å²) < 4.78 is 57.7. The molecule has 0 bridgehead atoms. The average molecular weight is 1460 g/mol. The van der Waals surface area contributed by atoms with Crippen molar-refractivity contribution in [2.45, 2.75) is 165 Å². The van der Waals surface area contributed by atoms with E-state index >= 15 is 0 Å². The maximum atomic E-state index is 14.2. The van der Waals surface area contributed by atoms with Gasteiger partial charge in [0.1, 0.15) is 48.1 Å². The summed E-state index contributed by atoms with van der Waals surface area (Å²) in [6.45, 7) is 10.4. The molecule has 4 aromatic heterocycles. The van der Waals surface area contributed by atoms with Gasteiger partial charge in [-0.25, -0.2) is 19.6 Å². The number of aromatic nitrogens is 6. The van der Waals surface area contributed by atoms with Crippen molar-refractivity contribution in [2.24, 2.45) is 33.2 Å². The zero-order valence-corrected chi connectivity index (χ0v) is 58.4. The number of benzene rings is 2. The number of hydrogen-bond acceptors (Lipinski definition) is 28. The molecule has 36 nitrogen and oxygen atoms in total. The number of aliphatic hydroxyl groups is 2. The number of β-lactam (4-membered cyclic amide) rings is 2. The van der Waals surface area contributed by atoms with Crippen LogP contribution in [-0.4, -0.2) is 190 Å². The Labute approximate surface area is 586 Å². The van der Waals surface area contributed by atoms with E-state index in [1.54, 1.807) is 24.3 Å². The molecular weight excluding hydrogens is 1380 g/mol. The lowest BCUT2D eigenvalue weighted by Crippen LogP contribution is -2.78. The van der Waals surface area contributed by atoms with Gasteiger partial charge in [0.2, 0.25) is 12.4 Å². The third-order valence-corrected chi connectivity index (χ3v) is 20.0. The number of aliphatic hydroxyl groups excluding tert-OH is 2. The van der Waals surface area contributed by atoms with Crippen molar-refractivity contribution in [1.29, 1.82) is 0 Å². The summed E-state index contributed by atoms with van der Waals surface area (Å²) in [5, 5.41) is 58.3. The van der Waals surface area contributed by atoms with Crippen molar-refractivity contribution in [3.63, 3.8) is 0 Å². The molecule has 0 unspecified atom stereocenters. The molecule has 18 N–H and O–H groups in total. The van der Waals surface area contributed by atoms with Crippen LogP contribution in [0, 0.1) is 0 Å². The Morgan fingerprint density at radius 2 is 1.06 bits per heavy atom. The molecule has 0 saturated carbocycles. The molecule has 2 saturated heterocycles. The largest absolute Gasteiger partial charge is 0.485 e. The minimum atomic E-state index is -5.41. The number of fused-ring (bicyclic) bond motifs is 2. The van der Waals surface area contributed by atoms with Gasteiger partial charge in [-0.2, -0.15) is 27.9 Å². The Morgan fingerprint density at radius 3 is 1.39 bits per heavy atom. The van der Waals surface area contributed by atoms with E-state index < -0.39 is 116 Å². The van der Waals surface area contributed by atoms with Gasteiger partial charge in [-0.1, -0.05) is 22.4 Å². The van der Waals surface area contributed by atoms with Gasteiger partial charge in [-0.05, 0) is 127 Å². The summed E-state index contributed by atoms with van der Waals surface area (Å²) in [5.74, 6) is -6.86. The third kappa shape index (κ3) is 15.5. The van der Waals surface area contributed by atoms with Crippen LogP contribution in [0.25, 0.3) is 22.3 Å². The number of nitrogen functional groups attached to an aromatic ring is 2. The number of carbonyl (C=O) groups excluding carboxylic acids is 4. The maximum absolute atomic E-state index is 14.2. The van der Waals surface area contributed by atoms with Crippen LogP contribution in [0.2, 0.25) is 0 Å². The Balaban J connectivity index is 0.773. The number of amides is 4. The number of rotatable bonds is 32. The van der Waals surface area contributed by atoms with E-state index in [1.807, 2.05) is 55.6 Å². The van der Waals surface area contributed by atoms with E-state index in [-0.39, 0.29) is 60.7 Å². The maximum Gasteiger partial charge on any atom is 0.442 e. The predicted octanol–water partition coefficient (Wildman–Crippen LogP) is -1.45. The topological polar surface area (TPSA) is 528 Å². The van der Waals surface area contributed by atoms with Crippen LogP contribution in [0.15, 0.2) is 82.3 Å². The second-order valence-corrected chi connectivity index (χ2v) is 28.9. The first-order chi connectivity index (χ1) is 47.7. The molecule has 2 fully saturated rings. The normalized spacial score (nSPS) is 20.5. The number of ether oxygens (including phenoxy) is 2. The van der Waals surface area contributed by atoms with Crippen molar-refractivity contribution in [3.8, 4) is 33.8 Å². The molecule has 6 aromatic rings. The van der Waals surface area contributed by atoms with E-state index in [9.17, 15) is 57.6 Å². The second-order valence-electron chi connectivity index (χ2n) is 26.0. The van der Waals surface area contributed by atoms with Crippen molar-refractivity contribution in [2.75, 3.05) is 37.6 Å². The lowest BCUT2D eigenvalue weighted by Gasteiger charge is -2.52. The standard InChI is InChI=1S/C62H80N18O18S3/c1-59(2)49(71-51(83)47(41-31-99-57(67)69-41)73-95-61(5,55(87)88)45-15-11-35-21-33(9-13-43(35)93-45)37-25-75(19-7-17-63)77(27-37)29-39(81)23-65)53(85)79(59)97-101(91,92)98-80-54(86)50(60(80,3)4)72-52(84)48(42-32-100-58(68)70-42)74-96-62(6,56(89)90)46-16-12-36-22-34(10-14-44(36)94-46)38-26-76(20-8-18-64)78(28-38)30-40(82)24-66/h9-10,13-14,21-22,25-28,31-32,39-40,45-46,49-50,81-82H,7-8,11-12,15-20,23-24,29-30,63-66H2,1-6H3,(H6-2,67,68,69,70,71,72,83,84,87,88,89,90)/p+2/b73-47-,74-48-/t39-,40-,45+,46+,49+,50+,61-,62-/m0/s1. The minimum absolute atomic E-state index is 0.0233. The van der Waals surface area contributed by atoms with E-state index in [4.69, 9.17) is 62.1 Å². The van der Waals surface area contributed by atoms with Crippen LogP contribution in [0.5, 0.6) is 11.5 Å². The first-order valence-electron chi connectivity index (χ1n) is 32.1. The summed E-state index contributed by atoms with van der Waals surface area (Å²) in [5.41, 5.74) is 30.1. The Morgan fingerprint density at radius 1 is 0.673 bits per heavy atom. The van der Waals surface area contributed by atoms with Crippen molar-refractivity contribution in [1.82, 2.24) is 40.1 Å². The van der Waals surface area contributed by atoms with E-state index in [0.717, 1.165) is 56.1 Å². The zero-order chi connectivity index (χ0) is 73.3. The molecule has 0 radical (unpaired) electrons. The molecule has 0 aliphatic carbocycles. The van der Waals surface area contributed by atoms with Gasteiger partial charge in [0, 0.05) is 36.7 Å². The SMILES string of the molecule is CC1(C)[C@H](NC(=O)/C(=N\O[C@](C)(C(=O)O)[C@H]2CCc3cc(-c4cn(C[C@@H](O)CN)[n+](CCCN)c4)ccc3O2)c2csc(N)n2)C(=O)N1OS(=O)(=O)ON1C(=O)[C@@H](NC(=O)/C(=N\O[C@](C)(C(=O)O)[C@H]2CCc3cc(-c4cn(C[C@@H](O)CN)[n+](CCCN)c4)ccc3O2)c2csc(N)n2)C1(C)C. The molecular formula is C62H82N18O18S3+2. The Kier molecular flexibility index (Phi) is 21.9. The van der Waals surface area contributed by atoms with Crippen molar-refractivity contribution >= 4 is 90.3 Å². The van der Waals surface area contributed by atoms with E-state index in [1.165, 1.54) is 52.3 Å². The summed E-state index contributed by atoms with van der Waals surface area (Å²) in [4.78, 5) is 102. The number of nitrogens with zero attached hydrogens (tertiary/aromatic N) is 10. The number of aliphatic carboxylic acids is 2. The van der Waals surface area contributed by atoms with E-state index in [0.29, 0.717) is 73.5 Å². The van der Waals surface area contributed by atoms with Gasteiger partial charge in [0.05, 0.1) is 46.8 Å². The molecule has 544 valence electrons. The van der Waals surface area contributed by atoms with Gasteiger partial charge in [0.25, 0.3) is 34.8 Å². The number of carbonyl (C=O) groups is 6. The van der Waals surface area contributed by atoms with Gasteiger partial charge in [0.15, 0.2) is 47.0 Å². The highest BCUT2D eigenvalue weighted by molar-refractivity contribution is 7.81. The van der Waals surface area contributed by atoms with Crippen LogP contribution in [0.3, 0.4) is 0 Å². The molecule has 4 aliphatic rings. The first-order valence-corrected chi connectivity index (χ1v) is 35.2. The number of carboxylic acids is 2. The fourth-order valence-electron chi connectivity index (χ4n) is 11.8. The zero-order valence-electron chi connectivity index (χ0n) is 56.0. The molecule has 4 aliphatic heterocycles. The Bertz CT molecular complexity index is 4060. The number of nitrogens with two attached hydrogens (primary N) is 6. The lowest BCUT2D eigenvalue weighted by molar-refractivity contribution is -0.776. The molecule has 10 rings (SSSR count). The lowest BCUT2D eigenvalue weighted by atomic mass is 9.84. The van der Waals surface area contributed by atoms with Crippen molar-refractivity contribution < 1.29 is 94.7 Å². The summed E-state index contributed by atoms with van der Waals surface area (Å²) in [7, 11) is -5.41. The Hall–Kier alpha value is -9.29. The fourth-order valence-corrected chi connectivity index (χ4v) is 13.8. The number of oxime groups is 2. The highest BCUT2D eigenvalue weighted by Crippen LogP contribution is 2.41. The fraction of sp³-hybridized carbons (Fsp3) is 0.484. The number of aryl methyl sites for hydroxylation is 4. The van der Waals surface area contributed by atoms with Crippen LogP contribution in [0.1, 0.15) is 89.7 Å². The van der Waals surface area contributed by atoms with Gasteiger partial charge in [-0.3, -0.25) is 19.2 Å². The summed E-state index contributed by atoms with van der Waals surface area (Å²) >= 11 is 1.81. The average Bonchev–Trinajstić information content (AvgIpc) is 1.39. The minimum Gasteiger partial charge on any atom is -0.485 e. The molecule has 8 heterocycles. The predicted molar refractivity (Wildman–Crippen MR) is 360 cm³/mol. The van der Waals surface area contributed by atoms with Gasteiger partial charge >= 0.3 is 22.3 Å². The highest BCUT2D eigenvalue weighted by atomic mass is 32.3. The number of nitrogens with one attached hydrogen (secondary N) is 2. The van der Waals surface area contributed by atoms with Crippen LogP contribution < -0.4 is 63.9 Å². The van der Waals surface area contributed by atoms with Crippen LogP contribution in [0.4, 0.5) is 10.3 Å². The molecule has 39 heteroatoms. The molecule has 101 heavy (non-hydrogen) atoms. The van der Waals surface area contributed by atoms with Crippen molar-refractivity contribution in [3.05, 3.63) is 94.5 Å². The number of thiazole rings is 2. The van der Waals surface area contributed by atoms with Crippen LogP contribution >= 0.6 is 22.7 Å². The number of hydrogen-bond donors (Lipinski definition) is 12. The van der Waals surface area contributed by atoms with Crippen LogP contribution in [-0.2, 0) is 96.4 Å². The first kappa shape index (κ1) is 74.4. The molecule has 2 aromatic carbocycles. The second kappa shape index (κ2) is 29.7. The van der Waals surface area contributed by atoms with Gasteiger partial charge in [-0.15, -0.1) is 40.6 Å². The highest BCUT2D eigenvalue weighted by Gasteiger charge is 2.62. The summed E-state index contributed by atoms with van der Waals surface area (Å²) in [6.07, 6.45) is 5.99. The smallest absolute Gasteiger partial charge is 0.442 e. The molecule has 8 atom stereocenters. The molecule has 4 amide bonds. The molecule has 0 spiro atoms. The summed E-state index contributed by atoms with van der Waals surface area (Å²) in [6, 6.07) is 7.68. The number of carboxylic acid groups (broad SMARTS) is 2. The third-order valence-electron chi connectivity index (χ3n) is 17.9.